The summed E-state index contributed by atoms with van der Waals surface area (Å²) < 4.78 is 0. The molecule has 3 fully saturated rings. The van der Waals surface area contributed by atoms with Crippen molar-refractivity contribution in [2.45, 2.75) is 69.0 Å². The Balaban J connectivity index is 1.28. The number of nitrogens with zero attached hydrogens (tertiary/aromatic N) is 3. The predicted molar refractivity (Wildman–Crippen MR) is 108 cm³/mol. The molecular formula is C23H26N4O2. The number of carbonyl (C=O) groups excluding carboxylic acids is 2. The first-order chi connectivity index (χ1) is 14.1. The van der Waals surface area contributed by atoms with E-state index < -0.39 is 0 Å². The number of fused-ring (bicyclic) bond motifs is 2. The van der Waals surface area contributed by atoms with Crippen molar-refractivity contribution in [2.75, 3.05) is 0 Å². The van der Waals surface area contributed by atoms with Gasteiger partial charge in [0.2, 0.25) is 5.91 Å². The van der Waals surface area contributed by atoms with Gasteiger partial charge < -0.3 is 10.2 Å². The van der Waals surface area contributed by atoms with E-state index >= 15 is 0 Å². The first kappa shape index (κ1) is 18.3. The zero-order valence-corrected chi connectivity index (χ0v) is 16.7. The van der Waals surface area contributed by atoms with E-state index in [2.05, 4.69) is 32.3 Å². The number of carbonyl (C=O) groups is 2. The minimum atomic E-state index is -0.310. The van der Waals surface area contributed by atoms with Crippen molar-refractivity contribution in [3.63, 3.8) is 0 Å². The highest BCUT2D eigenvalue weighted by atomic mass is 16.2. The Kier molecular flexibility index (Phi) is 4.37. The van der Waals surface area contributed by atoms with Crippen LogP contribution in [0.2, 0.25) is 0 Å². The quantitative estimate of drug-likeness (QED) is 0.871. The lowest BCUT2D eigenvalue weighted by molar-refractivity contribution is -0.138. The van der Waals surface area contributed by atoms with Crippen LogP contribution in [-0.2, 0) is 10.2 Å². The van der Waals surface area contributed by atoms with Gasteiger partial charge in [-0.1, -0.05) is 30.3 Å². The van der Waals surface area contributed by atoms with Crippen LogP contribution in [0, 0.1) is 6.92 Å². The molecule has 2 aromatic rings. The maximum atomic E-state index is 13.5. The van der Waals surface area contributed by atoms with Crippen molar-refractivity contribution in [2.24, 2.45) is 0 Å². The van der Waals surface area contributed by atoms with Gasteiger partial charge in [-0.05, 0) is 51.0 Å². The number of hydrogen-bond acceptors (Lipinski definition) is 4. The molecule has 2 bridgehead atoms. The van der Waals surface area contributed by atoms with E-state index in [-0.39, 0.29) is 29.4 Å². The molecule has 2 amide bonds. The molecule has 1 saturated carbocycles. The van der Waals surface area contributed by atoms with Gasteiger partial charge in [0, 0.05) is 24.3 Å². The minimum absolute atomic E-state index is 0.0824. The van der Waals surface area contributed by atoms with Gasteiger partial charge in [-0.2, -0.15) is 0 Å². The van der Waals surface area contributed by atoms with Crippen LogP contribution in [0.3, 0.4) is 0 Å². The molecule has 2 atom stereocenters. The van der Waals surface area contributed by atoms with Crippen LogP contribution in [0.25, 0.3) is 0 Å². The number of hydrogen-bond donors (Lipinski definition) is 1. The van der Waals surface area contributed by atoms with E-state index in [0.29, 0.717) is 11.6 Å². The second kappa shape index (κ2) is 6.94. The highest BCUT2D eigenvalue weighted by Gasteiger charge is 2.57. The third kappa shape index (κ3) is 3.20. The second-order valence-corrected chi connectivity index (χ2v) is 8.73. The first-order valence-electron chi connectivity index (χ1n) is 10.5. The van der Waals surface area contributed by atoms with Gasteiger partial charge in [-0.25, -0.2) is 4.98 Å². The Labute approximate surface area is 170 Å². The van der Waals surface area contributed by atoms with Crippen LogP contribution in [0.4, 0.5) is 0 Å². The van der Waals surface area contributed by atoms with Crippen molar-refractivity contribution < 1.29 is 9.59 Å². The fourth-order valence-electron chi connectivity index (χ4n) is 5.15. The molecular weight excluding hydrogens is 364 g/mol. The number of piperidine rings is 1. The molecule has 0 radical (unpaired) electrons. The lowest BCUT2D eigenvalue weighted by atomic mass is 9.90. The molecule has 2 saturated heterocycles. The van der Waals surface area contributed by atoms with Gasteiger partial charge in [0.15, 0.2) is 0 Å². The standard InChI is InChI=1S/C23H26N4O2/c1-15-13-25-20(14-24-15)21(28)26-17-11-18-7-8-19(12-17)27(18)22(29)23(9-10-23)16-5-3-2-4-6-16/h2-6,13-14,17-19H,7-12H2,1H3,(H,26,28). The summed E-state index contributed by atoms with van der Waals surface area (Å²) in [5, 5.41) is 3.12. The lowest BCUT2D eigenvalue weighted by Gasteiger charge is -2.41. The Morgan fingerprint density at radius 3 is 2.31 bits per heavy atom. The van der Waals surface area contributed by atoms with Gasteiger partial charge in [0.25, 0.3) is 5.91 Å². The highest BCUT2D eigenvalue weighted by molar-refractivity contribution is 5.93. The van der Waals surface area contributed by atoms with E-state index in [9.17, 15) is 9.59 Å². The summed E-state index contributed by atoms with van der Waals surface area (Å²) in [5.74, 6) is 0.120. The zero-order chi connectivity index (χ0) is 20.0. The van der Waals surface area contributed by atoms with Crippen LogP contribution in [0.1, 0.15) is 60.3 Å². The average Bonchev–Trinajstić information content (AvgIpc) is 3.50. The third-order valence-electron chi connectivity index (χ3n) is 6.80. The summed E-state index contributed by atoms with van der Waals surface area (Å²) in [4.78, 5) is 36.6. The molecule has 3 aliphatic rings. The number of nitrogens with one attached hydrogen (secondary N) is 1. The monoisotopic (exact) mass is 390 g/mol. The summed E-state index contributed by atoms with van der Waals surface area (Å²) in [6, 6.07) is 10.7. The van der Waals surface area contributed by atoms with Gasteiger partial charge in [0.05, 0.1) is 17.3 Å². The number of aryl methyl sites for hydroxylation is 1. The van der Waals surface area contributed by atoms with Gasteiger partial charge in [-0.15, -0.1) is 0 Å². The van der Waals surface area contributed by atoms with E-state index in [0.717, 1.165) is 49.8 Å². The molecule has 5 rings (SSSR count). The normalized spacial score (nSPS) is 26.8. The number of benzene rings is 1. The fourth-order valence-corrected chi connectivity index (χ4v) is 5.15. The molecule has 2 unspecified atom stereocenters. The van der Waals surface area contributed by atoms with Crippen LogP contribution < -0.4 is 5.32 Å². The molecule has 150 valence electrons. The molecule has 6 nitrogen and oxygen atoms in total. The fraction of sp³-hybridized carbons (Fsp3) is 0.478. The van der Waals surface area contributed by atoms with E-state index in [1.165, 1.54) is 6.20 Å². The number of aromatic nitrogens is 2. The highest BCUT2D eigenvalue weighted by Crippen LogP contribution is 2.52. The summed E-state index contributed by atoms with van der Waals surface area (Å²) in [6.45, 7) is 1.85. The summed E-state index contributed by atoms with van der Waals surface area (Å²) in [7, 11) is 0. The topological polar surface area (TPSA) is 75.2 Å². The minimum Gasteiger partial charge on any atom is -0.348 e. The van der Waals surface area contributed by atoms with Crippen molar-refractivity contribution in [1.29, 1.82) is 0 Å². The van der Waals surface area contributed by atoms with Crippen LogP contribution >= 0.6 is 0 Å². The Bertz CT molecular complexity index is 910. The smallest absolute Gasteiger partial charge is 0.271 e. The Hall–Kier alpha value is -2.76. The molecule has 1 N–H and O–H groups in total. The summed E-state index contributed by atoms with van der Waals surface area (Å²) >= 11 is 0. The van der Waals surface area contributed by atoms with Crippen LogP contribution in [0.15, 0.2) is 42.7 Å². The van der Waals surface area contributed by atoms with E-state index in [4.69, 9.17) is 0 Å². The van der Waals surface area contributed by atoms with Gasteiger partial charge in [0.1, 0.15) is 5.69 Å². The predicted octanol–water partition coefficient (Wildman–Crippen LogP) is 2.77. The van der Waals surface area contributed by atoms with Crippen LogP contribution in [0.5, 0.6) is 0 Å². The largest absolute Gasteiger partial charge is 0.348 e. The van der Waals surface area contributed by atoms with Crippen molar-refractivity contribution >= 4 is 11.8 Å². The van der Waals surface area contributed by atoms with Crippen molar-refractivity contribution in [1.82, 2.24) is 20.2 Å². The Morgan fingerprint density at radius 1 is 1.03 bits per heavy atom. The van der Waals surface area contributed by atoms with Crippen molar-refractivity contribution in [3.8, 4) is 0 Å². The van der Waals surface area contributed by atoms with E-state index in [1.807, 2.05) is 25.1 Å². The molecule has 29 heavy (non-hydrogen) atoms. The molecule has 0 spiro atoms. The molecule has 2 aliphatic heterocycles. The lowest BCUT2D eigenvalue weighted by Crippen LogP contribution is -2.54. The molecule has 6 heteroatoms. The van der Waals surface area contributed by atoms with Gasteiger partial charge >= 0.3 is 0 Å². The molecule has 3 heterocycles. The number of amides is 2. The molecule has 1 aromatic heterocycles. The maximum Gasteiger partial charge on any atom is 0.271 e. The maximum absolute atomic E-state index is 13.5. The molecule has 1 aliphatic carbocycles. The molecule has 1 aromatic carbocycles. The third-order valence-corrected chi connectivity index (χ3v) is 6.80. The van der Waals surface area contributed by atoms with Crippen molar-refractivity contribution in [3.05, 3.63) is 59.7 Å². The number of rotatable bonds is 4. The second-order valence-electron chi connectivity index (χ2n) is 8.73. The Morgan fingerprint density at radius 2 is 1.72 bits per heavy atom. The SMILES string of the molecule is Cc1cnc(C(=O)NC2CC3CCC(C2)N3C(=O)C2(c3ccccc3)CC2)cn1. The van der Waals surface area contributed by atoms with Gasteiger partial charge in [-0.3, -0.25) is 14.6 Å². The van der Waals surface area contributed by atoms with E-state index in [1.54, 1.807) is 6.20 Å². The summed E-state index contributed by atoms with van der Waals surface area (Å²) in [6.07, 6.45) is 8.70. The van der Waals surface area contributed by atoms with Crippen LogP contribution in [-0.4, -0.2) is 44.8 Å². The summed E-state index contributed by atoms with van der Waals surface area (Å²) in [5.41, 5.74) is 1.98. The average molecular weight is 390 g/mol. The first-order valence-corrected chi connectivity index (χ1v) is 10.5. The zero-order valence-electron chi connectivity index (χ0n) is 16.7.